The summed E-state index contributed by atoms with van der Waals surface area (Å²) in [5.74, 6) is -0.316. The molecule has 0 radical (unpaired) electrons. The van der Waals surface area contributed by atoms with Crippen LogP contribution in [0.1, 0.15) is 18.9 Å². The zero-order chi connectivity index (χ0) is 14.2. The van der Waals surface area contributed by atoms with Crippen molar-refractivity contribution in [3.63, 3.8) is 0 Å². The smallest absolute Gasteiger partial charge is 0.243 e. The van der Waals surface area contributed by atoms with Crippen LogP contribution in [-0.2, 0) is 10.0 Å². The van der Waals surface area contributed by atoms with E-state index >= 15 is 0 Å². The number of benzene rings is 1. The first kappa shape index (κ1) is 14.4. The molecule has 4 nitrogen and oxygen atoms in total. The summed E-state index contributed by atoms with van der Waals surface area (Å²) in [5.41, 5.74) is 6.04. The lowest BCUT2D eigenvalue weighted by Crippen LogP contribution is -2.34. The molecule has 2 atom stereocenters. The highest BCUT2D eigenvalue weighted by atomic mass is 32.2. The van der Waals surface area contributed by atoms with Gasteiger partial charge in [0, 0.05) is 12.6 Å². The summed E-state index contributed by atoms with van der Waals surface area (Å²) in [6, 6.07) is 3.94. The van der Waals surface area contributed by atoms with Crippen molar-refractivity contribution in [2.75, 3.05) is 13.1 Å². The molecular weight excluding hydrogens is 267 g/mol. The average Bonchev–Trinajstić information content (AvgIpc) is 2.74. The monoisotopic (exact) mass is 286 g/mol. The quantitative estimate of drug-likeness (QED) is 0.915. The Kier molecular flexibility index (Phi) is 3.94. The van der Waals surface area contributed by atoms with Crippen molar-refractivity contribution < 1.29 is 12.8 Å². The highest BCUT2D eigenvalue weighted by Crippen LogP contribution is 2.29. The van der Waals surface area contributed by atoms with Crippen molar-refractivity contribution in [3.8, 4) is 0 Å². The molecule has 0 bridgehead atoms. The highest BCUT2D eigenvalue weighted by Gasteiger charge is 2.37. The molecule has 1 fully saturated rings. The van der Waals surface area contributed by atoms with Crippen LogP contribution in [0.3, 0.4) is 0 Å². The van der Waals surface area contributed by atoms with E-state index in [1.807, 2.05) is 6.92 Å². The Labute approximate surface area is 113 Å². The second-order valence-electron chi connectivity index (χ2n) is 5.17. The van der Waals surface area contributed by atoms with Crippen molar-refractivity contribution in [2.45, 2.75) is 31.2 Å². The summed E-state index contributed by atoms with van der Waals surface area (Å²) < 4.78 is 39.9. The Morgan fingerprint density at radius 1 is 1.47 bits per heavy atom. The van der Waals surface area contributed by atoms with Gasteiger partial charge in [0.05, 0.1) is 4.90 Å². The van der Waals surface area contributed by atoms with Gasteiger partial charge in [0.15, 0.2) is 0 Å². The molecule has 106 valence electrons. The number of aryl methyl sites for hydroxylation is 1. The van der Waals surface area contributed by atoms with Crippen molar-refractivity contribution in [2.24, 2.45) is 11.7 Å². The molecule has 2 N–H and O–H groups in total. The van der Waals surface area contributed by atoms with Crippen LogP contribution in [0.25, 0.3) is 0 Å². The average molecular weight is 286 g/mol. The number of hydrogen-bond donors (Lipinski definition) is 1. The fraction of sp³-hybridized carbons (Fsp3) is 0.538. The van der Waals surface area contributed by atoms with E-state index < -0.39 is 15.8 Å². The van der Waals surface area contributed by atoms with E-state index in [2.05, 4.69) is 0 Å². The van der Waals surface area contributed by atoms with Gasteiger partial charge in [-0.1, -0.05) is 6.07 Å². The maximum atomic E-state index is 13.5. The molecule has 1 aliphatic heterocycles. The minimum absolute atomic E-state index is 0.0140. The Balaban J connectivity index is 2.34. The molecule has 0 saturated carbocycles. The van der Waals surface area contributed by atoms with Gasteiger partial charge in [-0.2, -0.15) is 4.31 Å². The molecule has 19 heavy (non-hydrogen) atoms. The van der Waals surface area contributed by atoms with E-state index in [4.69, 9.17) is 5.73 Å². The van der Waals surface area contributed by atoms with Crippen LogP contribution in [0, 0.1) is 18.7 Å². The fourth-order valence-electron chi connectivity index (χ4n) is 2.48. The maximum absolute atomic E-state index is 13.5. The largest absolute Gasteiger partial charge is 0.330 e. The van der Waals surface area contributed by atoms with Gasteiger partial charge >= 0.3 is 0 Å². The maximum Gasteiger partial charge on any atom is 0.243 e. The van der Waals surface area contributed by atoms with Gasteiger partial charge in [0.25, 0.3) is 0 Å². The van der Waals surface area contributed by atoms with Gasteiger partial charge in [-0.3, -0.25) is 0 Å². The summed E-state index contributed by atoms with van der Waals surface area (Å²) in [7, 11) is -3.63. The van der Waals surface area contributed by atoms with Gasteiger partial charge in [0.2, 0.25) is 10.0 Å². The zero-order valence-electron chi connectivity index (χ0n) is 11.1. The first-order valence-electron chi connectivity index (χ1n) is 6.34. The van der Waals surface area contributed by atoms with Crippen LogP contribution >= 0.6 is 0 Å². The van der Waals surface area contributed by atoms with E-state index in [0.717, 1.165) is 12.5 Å². The van der Waals surface area contributed by atoms with Crippen LogP contribution < -0.4 is 5.73 Å². The number of rotatable bonds is 3. The third-order valence-electron chi connectivity index (χ3n) is 3.69. The molecule has 0 aliphatic carbocycles. The molecule has 1 aliphatic rings. The van der Waals surface area contributed by atoms with Crippen LogP contribution in [-0.4, -0.2) is 31.9 Å². The SMILES string of the molecule is Cc1ccc(S(=O)(=O)N2CC(CN)CC2C)cc1F. The fourth-order valence-corrected chi connectivity index (χ4v) is 4.21. The molecule has 2 rings (SSSR count). The van der Waals surface area contributed by atoms with Crippen LogP contribution in [0.15, 0.2) is 23.1 Å². The Hall–Kier alpha value is -0.980. The molecule has 1 aromatic rings. The van der Waals surface area contributed by atoms with Crippen molar-refractivity contribution in [3.05, 3.63) is 29.6 Å². The van der Waals surface area contributed by atoms with Crippen molar-refractivity contribution in [1.82, 2.24) is 4.31 Å². The zero-order valence-corrected chi connectivity index (χ0v) is 12.0. The van der Waals surface area contributed by atoms with E-state index in [0.29, 0.717) is 18.7 Å². The molecule has 2 unspecified atom stereocenters. The van der Waals surface area contributed by atoms with Crippen LogP contribution in [0.5, 0.6) is 0 Å². The third-order valence-corrected chi connectivity index (χ3v) is 5.66. The summed E-state index contributed by atoms with van der Waals surface area (Å²) in [4.78, 5) is 0.0140. The normalized spacial score (nSPS) is 24.8. The van der Waals surface area contributed by atoms with E-state index in [9.17, 15) is 12.8 Å². The van der Waals surface area contributed by atoms with Gasteiger partial charge < -0.3 is 5.73 Å². The molecule has 6 heteroatoms. The van der Waals surface area contributed by atoms with Gasteiger partial charge in [-0.25, -0.2) is 12.8 Å². The van der Waals surface area contributed by atoms with Crippen molar-refractivity contribution in [1.29, 1.82) is 0 Å². The number of nitrogens with zero attached hydrogens (tertiary/aromatic N) is 1. The second kappa shape index (κ2) is 5.19. The van der Waals surface area contributed by atoms with Crippen molar-refractivity contribution >= 4 is 10.0 Å². The Morgan fingerprint density at radius 2 is 2.16 bits per heavy atom. The van der Waals surface area contributed by atoms with E-state index in [-0.39, 0.29) is 16.9 Å². The minimum Gasteiger partial charge on any atom is -0.330 e. The van der Waals surface area contributed by atoms with E-state index in [1.54, 1.807) is 6.92 Å². The van der Waals surface area contributed by atoms with Gasteiger partial charge in [-0.15, -0.1) is 0 Å². The number of sulfonamides is 1. The summed E-state index contributed by atoms with van der Waals surface area (Å²) in [6.07, 6.45) is 0.754. The lowest BCUT2D eigenvalue weighted by atomic mass is 10.1. The number of hydrogen-bond acceptors (Lipinski definition) is 3. The van der Waals surface area contributed by atoms with E-state index in [1.165, 1.54) is 16.4 Å². The highest BCUT2D eigenvalue weighted by molar-refractivity contribution is 7.89. The Morgan fingerprint density at radius 3 is 2.68 bits per heavy atom. The predicted octanol–water partition coefficient (Wildman–Crippen LogP) is 1.49. The van der Waals surface area contributed by atoms with Gasteiger partial charge in [0.1, 0.15) is 5.82 Å². The third kappa shape index (κ3) is 2.66. The lowest BCUT2D eigenvalue weighted by molar-refractivity contribution is 0.404. The standard InChI is InChI=1S/C13H19FN2O2S/c1-9-3-4-12(6-13(9)14)19(17,18)16-8-11(7-15)5-10(16)2/h3-4,6,10-11H,5,7-8,15H2,1-2H3. The molecular formula is C13H19FN2O2S. The molecule has 1 aromatic carbocycles. The van der Waals surface area contributed by atoms with Crippen LogP contribution in [0.2, 0.25) is 0 Å². The predicted molar refractivity (Wildman–Crippen MR) is 71.7 cm³/mol. The second-order valence-corrected chi connectivity index (χ2v) is 7.06. The number of halogens is 1. The first-order chi connectivity index (χ1) is 8.86. The molecule has 0 amide bonds. The van der Waals surface area contributed by atoms with Gasteiger partial charge in [-0.05, 0) is 50.4 Å². The minimum atomic E-state index is -3.63. The lowest BCUT2D eigenvalue weighted by Gasteiger charge is -2.21. The molecule has 1 heterocycles. The summed E-state index contributed by atoms with van der Waals surface area (Å²) in [5, 5.41) is 0. The Bertz CT molecular complexity index is 574. The topological polar surface area (TPSA) is 63.4 Å². The first-order valence-corrected chi connectivity index (χ1v) is 7.78. The summed E-state index contributed by atoms with van der Waals surface area (Å²) in [6.45, 7) is 4.35. The molecule has 1 saturated heterocycles. The number of nitrogens with two attached hydrogens (primary N) is 1. The van der Waals surface area contributed by atoms with Crippen LogP contribution in [0.4, 0.5) is 4.39 Å². The molecule has 0 aromatic heterocycles. The summed E-state index contributed by atoms with van der Waals surface area (Å²) >= 11 is 0. The molecule has 0 spiro atoms.